The van der Waals surface area contributed by atoms with Gasteiger partial charge in [0.05, 0.1) is 6.61 Å². The fraction of sp³-hybridized carbons (Fsp3) is 0.833. The van der Waals surface area contributed by atoms with Crippen LogP contribution in [0.5, 0.6) is 0 Å². The van der Waals surface area contributed by atoms with E-state index in [4.69, 9.17) is 10.2 Å². The molecule has 1 aliphatic rings. The van der Waals surface area contributed by atoms with Gasteiger partial charge in [-0.1, -0.05) is 13.8 Å². The minimum atomic E-state index is -1.20. The molecule has 0 spiro atoms. The van der Waals surface area contributed by atoms with E-state index < -0.39 is 11.4 Å². The Morgan fingerprint density at radius 3 is 2.12 bits per heavy atom. The number of hydrogen-bond acceptors (Lipinski definition) is 3. The monoisotopic (exact) mass is 243 g/mol. The maximum absolute atomic E-state index is 12.3. The third kappa shape index (κ3) is 2.60. The highest BCUT2D eigenvalue weighted by Gasteiger charge is 2.58. The van der Waals surface area contributed by atoms with Crippen LogP contribution in [0.4, 0.5) is 0 Å². The van der Waals surface area contributed by atoms with E-state index in [1.54, 1.807) is 4.90 Å². The highest BCUT2D eigenvalue weighted by Crippen LogP contribution is 2.47. The fourth-order valence-corrected chi connectivity index (χ4v) is 2.21. The van der Waals surface area contributed by atoms with Crippen LogP contribution in [0, 0.1) is 5.41 Å². The van der Waals surface area contributed by atoms with Crippen molar-refractivity contribution >= 4 is 11.9 Å². The summed E-state index contributed by atoms with van der Waals surface area (Å²) in [5.74, 6) is -1.36. The molecule has 1 fully saturated rings. The molecule has 5 heteroatoms. The molecular formula is C12H21NO4. The van der Waals surface area contributed by atoms with Crippen LogP contribution < -0.4 is 0 Å². The van der Waals surface area contributed by atoms with E-state index in [0.717, 1.165) is 12.8 Å². The lowest BCUT2D eigenvalue weighted by Crippen LogP contribution is -2.47. The van der Waals surface area contributed by atoms with Gasteiger partial charge in [-0.25, -0.2) is 0 Å². The predicted molar refractivity (Wildman–Crippen MR) is 62.5 cm³/mol. The van der Waals surface area contributed by atoms with E-state index in [9.17, 15) is 9.59 Å². The predicted octanol–water partition coefficient (Wildman–Crippen LogP) is 0.861. The molecule has 0 saturated heterocycles. The van der Waals surface area contributed by atoms with Crippen molar-refractivity contribution in [2.45, 2.75) is 45.6 Å². The number of carboxylic acid groups (broad SMARTS) is 1. The van der Waals surface area contributed by atoms with Crippen molar-refractivity contribution in [3.63, 3.8) is 0 Å². The molecule has 0 aromatic rings. The van der Waals surface area contributed by atoms with Gasteiger partial charge < -0.3 is 15.1 Å². The number of carboxylic acids is 1. The van der Waals surface area contributed by atoms with Gasteiger partial charge in [0.25, 0.3) is 0 Å². The van der Waals surface area contributed by atoms with Gasteiger partial charge in [-0.05, 0) is 25.7 Å². The minimum Gasteiger partial charge on any atom is -0.480 e. The van der Waals surface area contributed by atoms with Crippen LogP contribution in [0.15, 0.2) is 0 Å². The van der Waals surface area contributed by atoms with Crippen molar-refractivity contribution in [2.75, 3.05) is 13.2 Å². The second-order valence-corrected chi connectivity index (χ2v) is 4.58. The Kier molecular flexibility index (Phi) is 4.51. The van der Waals surface area contributed by atoms with Gasteiger partial charge in [0.1, 0.15) is 5.41 Å². The molecule has 98 valence electrons. The highest BCUT2D eigenvalue weighted by atomic mass is 16.4. The van der Waals surface area contributed by atoms with Gasteiger partial charge >= 0.3 is 5.97 Å². The average molecular weight is 243 g/mol. The summed E-state index contributed by atoms with van der Waals surface area (Å²) < 4.78 is 0. The van der Waals surface area contributed by atoms with Gasteiger partial charge in [0.2, 0.25) is 5.91 Å². The Hall–Kier alpha value is -1.10. The first kappa shape index (κ1) is 14.0. The van der Waals surface area contributed by atoms with E-state index in [0.29, 0.717) is 12.8 Å². The van der Waals surface area contributed by atoms with Gasteiger partial charge in [0.15, 0.2) is 0 Å². The summed E-state index contributed by atoms with van der Waals surface area (Å²) in [7, 11) is 0. The molecule has 0 atom stereocenters. The first-order valence-electron chi connectivity index (χ1n) is 6.18. The summed E-state index contributed by atoms with van der Waals surface area (Å²) in [6.07, 6.45) is 2.39. The zero-order chi connectivity index (χ0) is 13.1. The van der Waals surface area contributed by atoms with E-state index in [1.165, 1.54) is 0 Å². The molecule has 1 amide bonds. The molecule has 1 aliphatic carbocycles. The number of aliphatic hydroxyl groups excluding tert-OH is 1. The second-order valence-electron chi connectivity index (χ2n) is 4.58. The Morgan fingerprint density at radius 2 is 1.82 bits per heavy atom. The van der Waals surface area contributed by atoms with Crippen molar-refractivity contribution in [2.24, 2.45) is 5.41 Å². The summed E-state index contributed by atoms with van der Waals surface area (Å²) in [6, 6.07) is 0.0199. The molecule has 0 heterocycles. The molecule has 5 nitrogen and oxygen atoms in total. The van der Waals surface area contributed by atoms with E-state index in [2.05, 4.69) is 0 Å². The van der Waals surface area contributed by atoms with Crippen LogP contribution >= 0.6 is 0 Å². The summed E-state index contributed by atoms with van der Waals surface area (Å²) in [5, 5.41) is 18.1. The third-order valence-corrected chi connectivity index (χ3v) is 3.55. The van der Waals surface area contributed by atoms with Crippen LogP contribution in [-0.2, 0) is 9.59 Å². The lowest BCUT2D eigenvalue weighted by Gasteiger charge is -2.32. The molecule has 2 N–H and O–H groups in total. The average Bonchev–Trinajstić information content (AvgIpc) is 3.09. The van der Waals surface area contributed by atoms with Crippen LogP contribution in [0.3, 0.4) is 0 Å². The molecule has 0 unspecified atom stereocenters. The summed E-state index contributed by atoms with van der Waals surface area (Å²) in [6.45, 7) is 4.02. The number of rotatable bonds is 7. The van der Waals surface area contributed by atoms with Crippen LogP contribution in [0.2, 0.25) is 0 Å². The minimum absolute atomic E-state index is 0.0199. The molecule has 1 rings (SSSR count). The first-order chi connectivity index (χ1) is 8.03. The molecule has 0 aliphatic heterocycles. The molecular weight excluding hydrogens is 222 g/mol. The van der Waals surface area contributed by atoms with Crippen LogP contribution in [-0.4, -0.2) is 46.2 Å². The number of aliphatic hydroxyl groups is 1. The van der Waals surface area contributed by atoms with E-state index >= 15 is 0 Å². The number of carbonyl (C=O) groups excluding carboxylic acids is 1. The summed E-state index contributed by atoms with van der Waals surface area (Å²) in [4.78, 5) is 24.9. The SMILES string of the molecule is CCC(CC)N(CCO)C(=O)C1(C(=O)O)CC1. The third-order valence-electron chi connectivity index (χ3n) is 3.55. The maximum Gasteiger partial charge on any atom is 0.319 e. The topological polar surface area (TPSA) is 77.8 Å². The Bertz CT molecular complexity index is 295. The zero-order valence-corrected chi connectivity index (χ0v) is 10.5. The van der Waals surface area contributed by atoms with Crippen molar-refractivity contribution in [3.8, 4) is 0 Å². The van der Waals surface area contributed by atoms with Gasteiger partial charge in [-0.3, -0.25) is 9.59 Å². The molecule has 17 heavy (non-hydrogen) atoms. The standard InChI is InChI=1S/C12H21NO4/c1-3-9(4-2)13(7-8-14)10(15)12(5-6-12)11(16)17/h9,14H,3-8H2,1-2H3,(H,16,17). The Labute approximate surface area is 101 Å². The molecule has 0 aromatic heterocycles. The smallest absolute Gasteiger partial charge is 0.319 e. The fourth-order valence-electron chi connectivity index (χ4n) is 2.21. The van der Waals surface area contributed by atoms with Crippen molar-refractivity contribution in [1.29, 1.82) is 0 Å². The van der Waals surface area contributed by atoms with Gasteiger partial charge in [-0.15, -0.1) is 0 Å². The number of aliphatic carboxylic acids is 1. The van der Waals surface area contributed by atoms with Crippen molar-refractivity contribution < 1.29 is 19.8 Å². The number of hydrogen-bond donors (Lipinski definition) is 2. The molecule has 0 radical (unpaired) electrons. The number of nitrogens with zero attached hydrogens (tertiary/aromatic N) is 1. The van der Waals surface area contributed by atoms with Crippen LogP contribution in [0.25, 0.3) is 0 Å². The van der Waals surface area contributed by atoms with E-state index in [1.807, 2.05) is 13.8 Å². The Balaban J connectivity index is 2.84. The second kappa shape index (κ2) is 5.49. The number of amides is 1. The van der Waals surface area contributed by atoms with E-state index in [-0.39, 0.29) is 25.1 Å². The number of carbonyl (C=O) groups is 2. The lowest BCUT2D eigenvalue weighted by atomic mass is 10.0. The first-order valence-corrected chi connectivity index (χ1v) is 6.18. The zero-order valence-electron chi connectivity index (χ0n) is 10.5. The largest absolute Gasteiger partial charge is 0.480 e. The molecule has 0 bridgehead atoms. The normalized spacial score (nSPS) is 16.9. The van der Waals surface area contributed by atoms with Crippen molar-refractivity contribution in [1.82, 2.24) is 4.90 Å². The van der Waals surface area contributed by atoms with Gasteiger partial charge in [-0.2, -0.15) is 0 Å². The summed E-state index contributed by atoms with van der Waals surface area (Å²) >= 11 is 0. The molecule has 1 saturated carbocycles. The van der Waals surface area contributed by atoms with Gasteiger partial charge in [0, 0.05) is 12.6 Å². The maximum atomic E-state index is 12.3. The quantitative estimate of drug-likeness (QED) is 0.650. The highest BCUT2D eigenvalue weighted by molar-refractivity contribution is 6.04. The lowest BCUT2D eigenvalue weighted by molar-refractivity contribution is -0.155. The Morgan fingerprint density at radius 1 is 1.29 bits per heavy atom. The van der Waals surface area contributed by atoms with Crippen LogP contribution in [0.1, 0.15) is 39.5 Å². The summed E-state index contributed by atoms with van der Waals surface area (Å²) in [5.41, 5.74) is -1.20. The molecule has 0 aromatic carbocycles. The van der Waals surface area contributed by atoms with Crippen molar-refractivity contribution in [3.05, 3.63) is 0 Å².